The fraction of sp³-hybridized carbons (Fsp3) is 0.320. The highest BCUT2D eigenvalue weighted by molar-refractivity contribution is 6.39. The summed E-state index contributed by atoms with van der Waals surface area (Å²) in [6, 6.07) is 15.3. The molecule has 172 valence electrons. The van der Waals surface area contributed by atoms with Gasteiger partial charge in [-0.2, -0.15) is 0 Å². The molecule has 33 heavy (non-hydrogen) atoms. The molecular formula is C25H27Cl2N5O. The van der Waals surface area contributed by atoms with E-state index in [-0.39, 0.29) is 6.03 Å². The molecule has 0 unspecified atom stereocenters. The van der Waals surface area contributed by atoms with Crippen LogP contribution in [0.25, 0.3) is 0 Å². The van der Waals surface area contributed by atoms with Crippen LogP contribution in [0.1, 0.15) is 29.1 Å². The second-order valence-corrected chi connectivity index (χ2v) is 8.99. The van der Waals surface area contributed by atoms with E-state index >= 15 is 0 Å². The van der Waals surface area contributed by atoms with Gasteiger partial charge in [0, 0.05) is 43.9 Å². The zero-order valence-corrected chi connectivity index (χ0v) is 20.3. The lowest BCUT2D eigenvalue weighted by molar-refractivity contribution is 0.215. The molecule has 0 radical (unpaired) electrons. The maximum absolute atomic E-state index is 12.9. The molecule has 3 aromatic rings. The van der Waals surface area contributed by atoms with E-state index in [9.17, 15) is 4.79 Å². The molecule has 1 saturated heterocycles. The third-order valence-corrected chi connectivity index (χ3v) is 6.43. The largest absolute Gasteiger partial charge is 0.354 e. The summed E-state index contributed by atoms with van der Waals surface area (Å²) in [5.41, 5.74) is 3.79. The minimum atomic E-state index is -0.202. The van der Waals surface area contributed by atoms with E-state index in [1.54, 1.807) is 23.1 Å². The van der Waals surface area contributed by atoms with Crippen LogP contribution in [0.15, 0.2) is 48.5 Å². The Hall–Kier alpha value is -2.83. The molecule has 2 amide bonds. The summed E-state index contributed by atoms with van der Waals surface area (Å²) in [6.45, 7) is 6.67. The second kappa shape index (κ2) is 10.4. The Labute approximate surface area is 204 Å². The number of rotatable bonds is 4. The van der Waals surface area contributed by atoms with E-state index in [2.05, 4.69) is 27.3 Å². The van der Waals surface area contributed by atoms with E-state index in [4.69, 9.17) is 28.2 Å². The lowest BCUT2D eigenvalue weighted by Gasteiger charge is -2.26. The Morgan fingerprint density at radius 1 is 0.939 bits per heavy atom. The number of benzene rings is 2. The Morgan fingerprint density at radius 2 is 1.67 bits per heavy atom. The second-order valence-electron chi connectivity index (χ2n) is 8.18. The van der Waals surface area contributed by atoms with E-state index in [1.807, 2.05) is 32.0 Å². The first-order valence-electron chi connectivity index (χ1n) is 11.1. The monoisotopic (exact) mass is 483 g/mol. The van der Waals surface area contributed by atoms with Gasteiger partial charge in [0.15, 0.2) is 0 Å². The smallest absolute Gasteiger partial charge is 0.321 e. The van der Waals surface area contributed by atoms with Crippen molar-refractivity contribution in [2.24, 2.45) is 0 Å². The van der Waals surface area contributed by atoms with Gasteiger partial charge in [-0.15, -0.1) is 0 Å². The number of carbonyl (C=O) groups is 1. The number of aromatic nitrogens is 2. The standard InChI is InChI=1S/C25H27Cl2N5O/c1-17-20(16-19-8-4-3-5-9-19)24(29-18(2)28-17)31-12-7-13-32(15-14-31)25(33)30-23-21(26)10-6-11-22(23)27/h3-6,8-11H,7,12-16H2,1-2H3,(H,30,33). The predicted molar refractivity (Wildman–Crippen MR) is 135 cm³/mol. The molecule has 1 aromatic heterocycles. The van der Waals surface area contributed by atoms with Gasteiger partial charge in [0.1, 0.15) is 11.6 Å². The van der Waals surface area contributed by atoms with Gasteiger partial charge in [-0.05, 0) is 38.0 Å². The normalized spacial score (nSPS) is 14.2. The summed E-state index contributed by atoms with van der Waals surface area (Å²) >= 11 is 12.4. The Kier molecular flexibility index (Phi) is 7.36. The summed E-state index contributed by atoms with van der Waals surface area (Å²) < 4.78 is 0. The maximum atomic E-state index is 12.9. The number of para-hydroxylation sites is 1. The molecule has 6 nitrogen and oxygen atoms in total. The lowest BCUT2D eigenvalue weighted by Crippen LogP contribution is -2.38. The van der Waals surface area contributed by atoms with E-state index in [0.29, 0.717) is 35.4 Å². The van der Waals surface area contributed by atoms with Gasteiger partial charge in [-0.25, -0.2) is 14.8 Å². The Balaban J connectivity index is 1.51. The highest BCUT2D eigenvalue weighted by Gasteiger charge is 2.24. The molecule has 4 rings (SSSR count). The number of hydrogen-bond donors (Lipinski definition) is 1. The zero-order valence-electron chi connectivity index (χ0n) is 18.8. The molecule has 2 aromatic carbocycles. The lowest BCUT2D eigenvalue weighted by atomic mass is 10.0. The average molecular weight is 484 g/mol. The molecule has 1 N–H and O–H groups in total. The molecule has 0 atom stereocenters. The zero-order chi connectivity index (χ0) is 23.4. The van der Waals surface area contributed by atoms with Crippen LogP contribution >= 0.6 is 23.2 Å². The number of aryl methyl sites for hydroxylation is 2. The third-order valence-electron chi connectivity index (χ3n) is 5.80. The van der Waals surface area contributed by atoms with Crippen molar-refractivity contribution in [1.82, 2.24) is 14.9 Å². The van der Waals surface area contributed by atoms with Gasteiger partial charge in [-0.1, -0.05) is 59.6 Å². The van der Waals surface area contributed by atoms with Crippen molar-refractivity contribution >= 4 is 40.7 Å². The fourth-order valence-electron chi connectivity index (χ4n) is 4.12. The number of amides is 2. The minimum absolute atomic E-state index is 0.202. The molecule has 1 fully saturated rings. The number of urea groups is 1. The first-order chi connectivity index (χ1) is 15.9. The van der Waals surface area contributed by atoms with Crippen molar-refractivity contribution in [3.8, 4) is 0 Å². The summed E-state index contributed by atoms with van der Waals surface area (Å²) in [5, 5.41) is 3.71. The van der Waals surface area contributed by atoms with Crippen molar-refractivity contribution in [2.45, 2.75) is 26.7 Å². The summed E-state index contributed by atoms with van der Waals surface area (Å²) in [7, 11) is 0. The summed E-state index contributed by atoms with van der Waals surface area (Å²) in [6.07, 6.45) is 1.60. The Morgan fingerprint density at radius 3 is 2.39 bits per heavy atom. The molecule has 0 spiro atoms. The van der Waals surface area contributed by atoms with Gasteiger partial charge in [-0.3, -0.25) is 0 Å². The third kappa shape index (κ3) is 5.57. The first kappa shape index (κ1) is 23.3. The van der Waals surface area contributed by atoms with Gasteiger partial charge in [0.2, 0.25) is 0 Å². The SMILES string of the molecule is Cc1nc(C)c(Cc2ccccc2)c(N2CCCN(C(=O)Nc3c(Cl)cccc3Cl)CC2)n1. The average Bonchev–Trinajstić information content (AvgIpc) is 3.05. The molecular weight excluding hydrogens is 457 g/mol. The molecule has 2 heterocycles. The van der Waals surface area contributed by atoms with Gasteiger partial charge in [0.25, 0.3) is 0 Å². The van der Waals surface area contributed by atoms with E-state index < -0.39 is 0 Å². The highest BCUT2D eigenvalue weighted by Crippen LogP contribution is 2.30. The van der Waals surface area contributed by atoms with Crippen LogP contribution in [0.2, 0.25) is 10.0 Å². The van der Waals surface area contributed by atoms with Crippen LogP contribution in [-0.4, -0.2) is 47.1 Å². The number of hydrogen-bond acceptors (Lipinski definition) is 4. The van der Waals surface area contributed by atoms with E-state index in [1.165, 1.54) is 5.56 Å². The number of nitrogens with one attached hydrogen (secondary N) is 1. The van der Waals surface area contributed by atoms with Crippen molar-refractivity contribution in [1.29, 1.82) is 0 Å². The molecule has 1 aliphatic heterocycles. The first-order valence-corrected chi connectivity index (χ1v) is 11.8. The van der Waals surface area contributed by atoms with Crippen LogP contribution in [0.5, 0.6) is 0 Å². The quantitative estimate of drug-likeness (QED) is 0.514. The van der Waals surface area contributed by atoms with Gasteiger partial charge in [0.05, 0.1) is 15.7 Å². The van der Waals surface area contributed by atoms with E-state index in [0.717, 1.165) is 42.3 Å². The predicted octanol–water partition coefficient (Wildman–Crippen LogP) is 5.74. The van der Waals surface area contributed by atoms with Gasteiger partial charge < -0.3 is 15.1 Å². The molecule has 0 saturated carbocycles. The number of carbonyl (C=O) groups excluding carboxylic acids is 1. The molecule has 8 heteroatoms. The molecule has 0 bridgehead atoms. The molecule has 0 aliphatic carbocycles. The number of nitrogens with zero attached hydrogens (tertiary/aromatic N) is 4. The van der Waals surface area contributed by atoms with Crippen molar-refractivity contribution in [3.05, 3.63) is 81.2 Å². The van der Waals surface area contributed by atoms with Crippen molar-refractivity contribution < 1.29 is 4.79 Å². The number of halogens is 2. The maximum Gasteiger partial charge on any atom is 0.321 e. The van der Waals surface area contributed by atoms with Crippen LogP contribution in [0.3, 0.4) is 0 Å². The van der Waals surface area contributed by atoms with Gasteiger partial charge >= 0.3 is 6.03 Å². The van der Waals surface area contributed by atoms with Crippen LogP contribution in [-0.2, 0) is 6.42 Å². The molecule has 1 aliphatic rings. The Bertz CT molecular complexity index is 1120. The van der Waals surface area contributed by atoms with Crippen LogP contribution in [0, 0.1) is 13.8 Å². The van der Waals surface area contributed by atoms with Crippen molar-refractivity contribution in [3.63, 3.8) is 0 Å². The topological polar surface area (TPSA) is 61.4 Å². The van der Waals surface area contributed by atoms with Crippen LogP contribution in [0.4, 0.5) is 16.3 Å². The highest BCUT2D eigenvalue weighted by atomic mass is 35.5. The summed E-state index contributed by atoms with van der Waals surface area (Å²) in [5.74, 6) is 1.71. The minimum Gasteiger partial charge on any atom is -0.354 e. The van der Waals surface area contributed by atoms with Crippen LogP contribution < -0.4 is 10.2 Å². The summed E-state index contributed by atoms with van der Waals surface area (Å²) in [4.78, 5) is 26.4. The van der Waals surface area contributed by atoms with Crippen molar-refractivity contribution in [2.75, 3.05) is 36.4 Å². The fourth-order valence-corrected chi connectivity index (χ4v) is 4.61. The number of anilines is 2.